The average molecular weight is 419 g/mol. The van der Waals surface area contributed by atoms with Gasteiger partial charge in [0.2, 0.25) is 5.91 Å². The summed E-state index contributed by atoms with van der Waals surface area (Å²) in [5.74, 6) is -0.880. The number of hydrogen-bond donors (Lipinski definition) is 1. The minimum atomic E-state index is -4.53. The quantitative estimate of drug-likeness (QED) is 0.612. The molecule has 8 heteroatoms. The summed E-state index contributed by atoms with van der Waals surface area (Å²) in [7, 11) is 1.52. The molecule has 1 heterocycles. The predicted octanol–water partition coefficient (Wildman–Crippen LogP) is 5.01. The van der Waals surface area contributed by atoms with Gasteiger partial charge >= 0.3 is 6.18 Å². The van der Waals surface area contributed by atoms with Gasteiger partial charge in [-0.15, -0.1) is 0 Å². The molecular weight excluding hydrogens is 395 g/mol. The number of nitrogens with one attached hydrogen (secondary N) is 1. The van der Waals surface area contributed by atoms with Gasteiger partial charge in [-0.3, -0.25) is 9.79 Å². The second-order valence-corrected chi connectivity index (χ2v) is 7.01. The molecule has 0 fully saturated rings. The highest BCUT2D eigenvalue weighted by Crippen LogP contribution is 2.39. The van der Waals surface area contributed by atoms with Gasteiger partial charge in [0.15, 0.2) is 0 Å². The fraction of sp³-hybridized carbons (Fsp3) is 0.364. The Balaban J connectivity index is 1.91. The third-order valence-corrected chi connectivity index (χ3v) is 4.89. The van der Waals surface area contributed by atoms with E-state index in [4.69, 9.17) is 4.74 Å². The van der Waals surface area contributed by atoms with Crippen LogP contribution in [0.15, 0.2) is 47.5 Å². The molecule has 30 heavy (non-hydrogen) atoms. The van der Waals surface area contributed by atoms with Crippen LogP contribution in [0.4, 0.5) is 30.2 Å². The highest BCUT2D eigenvalue weighted by Gasteiger charge is 2.35. The zero-order valence-electron chi connectivity index (χ0n) is 16.9. The molecule has 0 spiro atoms. The lowest BCUT2D eigenvalue weighted by atomic mass is 10.0. The van der Waals surface area contributed by atoms with Crippen molar-refractivity contribution < 1.29 is 22.7 Å². The van der Waals surface area contributed by atoms with Gasteiger partial charge in [0.25, 0.3) is 0 Å². The van der Waals surface area contributed by atoms with Crippen molar-refractivity contribution in [3.05, 3.63) is 53.6 Å². The molecular formula is C22H24F3N3O2. The van der Waals surface area contributed by atoms with Crippen LogP contribution in [-0.4, -0.2) is 38.9 Å². The van der Waals surface area contributed by atoms with Crippen LogP contribution in [-0.2, 0) is 15.7 Å². The first kappa shape index (κ1) is 21.8. The summed E-state index contributed by atoms with van der Waals surface area (Å²) in [5, 5.41) is 2.75. The lowest BCUT2D eigenvalue weighted by Gasteiger charge is -2.27. The molecule has 1 unspecified atom stereocenters. The van der Waals surface area contributed by atoms with Crippen LogP contribution < -0.4 is 10.2 Å². The van der Waals surface area contributed by atoms with Gasteiger partial charge in [-0.2, -0.15) is 13.2 Å². The van der Waals surface area contributed by atoms with E-state index >= 15 is 0 Å². The van der Waals surface area contributed by atoms with Gasteiger partial charge in [0, 0.05) is 37.8 Å². The minimum absolute atomic E-state index is 0.101. The molecule has 1 amide bonds. The summed E-state index contributed by atoms with van der Waals surface area (Å²) >= 11 is 0. The number of carbonyl (C=O) groups excluding carboxylic acids is 1. The Morgan fingerprint density at radius 3 is 2.67 bits per heavy atom. The van der Waals surface area contributed by atoms with E-state index in [0.717, 1.165) is 11.6 Å². The van der Waals surface area contributed by atoms with Crippen molar-refractivity contribution >= 4 is 29.2 Å². The van der Waals surface area contributed by atoms with E-state index < -0.39 is 17.7 Å². The van der Waals surface area contributed by atoms with Crippen LogP contribution in [0.1, 0.15) is 30.4 Å². The van der Waals surface area contributed by atoms with Gasteiger partial charge in [-0.25, -0.2) is 0 Å². The third kappa shape index (κ3) is 4.81. The van der Waals surface area contributed by atoms with Gasteiger partial charge in [0.1, 0.15) is 5.92 Å². The summed E-state index contributed by atoms with van der Waals surface area (Å²) in [5.41, 5.74) is 0.944. The molecule has 2 aromatic rings. The average Bonchev–Trinajstić information content (AvgIpc) is 3.04. The summed E-state index contributed by atoms with van der Waals surface area (Å²) in [6.07, 6.45) is -2.43. The Morgan fingerprint density at radius 1 is 1.20 bits per heavy atom. The molecule has 0 saturated heterocycles. The van der Waals surface area contributed by atoms with Crippen LogP contribution in [0, 0.1) is 0 Å². The molecule has 0 aromatic heterocycles. The second-order valence-electron chi connectivity index (χ2n) is 7.01. The Kier molecular flexibility index (Phi) is 6.77. The predicted molar refractivity (Wildman–Crippen MR) is 112 cm³/mol. The summed E-state index contributed by atoms with van der Waals surface area (Å²) < 4.78 is 46.4. The Bertz CT molecular complexity index is 928. The Morgan fingerprint density at radius 2 is 1.97 bits per heavy atom. The molecule has 0 aliphatic carbocycles. The van der Waals surface area contributed by atoms with Crippen LogP contribution >= 0.6 is 0 Å². The van der Waals surface area contributed by atoms with E-state index in [1.165, 1.54) is 25.5 Å². The van der Waals surface area contributed by atoms with Crippen molar-refractivity contribution in [1.82, 2.24) is 0 Å². The van der Waals surface area contributed by atoms with Crippen LogP contribution in [0.25, 0.3) is 0 Å². The maximum absolute atomic E-state index is 13.8. The fourth-order valence-electron chi connectivity index (χ4n) is 3.47. The zero-order valence-corrected chi connectivity index (χ0v) is 16.9. The third-order valence-electron chi connectivity index (χ3n) is 4.89. The van der Waals surface area contributed by atoms with E-state index in [-0.39, 0.29) is 17.3 Å². The van der Waals surface area contributed by atoms with E-state index in [9.17, 15) is 18.0 Å². The first-order valence-corrected chi connectivity index (χ1v) is 9.74. The number of anilines is 2. The molecule has 0 radical (unpaired) electrons. The Hall–Kier alpha value is -2.87. The zero-order chi connectivity index (χ0) is 21.7. The number of para-hydroxylation sites is 1. The number of benzene rings is 2. The number of methoxy groups -OCH3 is 1. The van der Waals surface area contributed by atoms with Crippen molar-refractivity contribution in [2.24, 2.45) is 4.99 Å². The number of fused-ring (bicyclic) bond motifs is 1. The number of nitrogens with zero attached hydrogens (tertiary/aromatic N) is 2. The molecule has 160 valence electrons. The smallest absolute Gasteiger partial charge is 0.383 e. The van der Waals surface area contributed by atoms with Gasteiger partial charge in [0.05, 0.1) is 17.9 Å². The first-order valence-electron chi connectivity index (χ1n) is 9.74. The van der Waals surface area contributed by atoms with Crippen molar-refractivity contribution in [3.63, 3.8) is 0 Å². The lowest BCUT2D eigenvalue weighted by Crippen LogP contribution is -2.30. The van der Waals surface area contributed by atoms with E-state index in [1.54, 1.807) is 29.2 Å². The highest BCUT2D eigenvalue weighted by atomic mass is 19.4. The maximum Gasteiger partial charge on any atom is 0.418 e. The number of rotatable bonds is 8. The van der Waals surface area contributed by atoms with Crippen LogP contribution in [0.5, 0.6) is 0 Å². The lowest BCUT2D eigenvalue weighted by molar-refractivity contribution is -0.137. The normalized spacial score (nSPS) is 16.0. The SMILES string of the molecule is CCCN(CCOC)c1ccc(N=CC2C(=O)Nc3ccccc32)cc1C(F)(F)F. The molecule has 0 saturated carbocycles. The van der Waals surface area contributed by atoms with Crippen LogP contribution in [0.2, 0.25) is 0 Å². The highest BCUT2D eigenvalue weighted by molar-refractivity contribution is 6.12. The summed E-state index contributed by atoms with van der Waals surface area (Å²) in [6, 6.07) is 11.2. The topological polar surface area (TPSA) is 53.9 Å². The molecule has 3 rings (SSSR count). The molecule has 2 aromatic carbocycles. The largest absolute Gasteiger partial charge is 0.418 e. The standard InChI is InChI=1S/C22H24F3N3O2/c1-3-10-28(11-12-30-2)20-9-8-15(13-18(20)22(23,24)25)26-14-17-16-6-4-5-7-19(16)27-21(17)29/h4-9,13-14,17H,3,10-12H2,1-2H3,(H,27,29). The van der Waals surface area contributed by atoms with Crippen molar-refractivity contribution in [2.45, 2.75) is 25.4 Å². The number of alkyl halides is 3. The fourth-order valence-corrected chi connectivity index (χ4v) is 3.47. The molecule has 1 atom stereocenters. The second kappa shape index (κ2) is 9.30. The van der Waals surface area contributed by atoms with E-state index in [0.29, 0.717) is 31.8 Å². The van der Waals surface area contributed by atoms with Gasteiger partial charge in [-0.05, 0) is 36.2 Å². The van der Waals surface area contributed by atoms with Crippen LogP contribution in [0.3, 0.4) is 0 Å². The van der Waals surface area contributed by atoms with Gasteiger partial charge in [-0.1, -0.05) is 25.1 Å². The van der Waals surface area contributed by atoms with E-state index in [1.807, 2.05) is 6.92 Å². The monoisotopic (exact) mass is 419 g/mol. The van der Waals surface area contributed by atoms with E-state index in [2.05, 4.69) is 10.3 Å². The maximum atomic E-state index is 13.8. The van der Waals surface area contributed by atoms with Crippen molar-refractivity contribution in [1.29, 1.82) is 0 Å². The number of ether oxygens (including phenoxy) is 1. The molecule has 0 bridgehead atoms. The van der Waals surface area contributed by atoms with Crippen molar-refractivity contribution in [2.75, 3.05) is 37.0 Å². The summed E-state index contributed by atoms with van der Waals surface area (Å²) in [4.78, 5) is 18.1. The number of aliphatic imine (C=N–C) groups is 1. The molecule has 1 aliphatic rings. The first-order chi connectivity index (χ1) is 14.3. The number of carbonyl (C=O) groups is 1. The molecule has 5 nitrogen and oxygen atoms in total. The summed E-state index contributed by atoms with van der Waals surface area (Å²) in [6.45, 7) is 3.08. The Labute approximate surface area is 173 Å². The van der Waals surface area contributed by atoms with Crippen molar-refractivity contribution in [3.8, 4) is 0 Å². The number of halogens is 3. The molecule has 1 N–H and O–H groups in total. The molecule has 1 aliphatic heterocycles. The number of hydrogen-bond acceptors (Lipinski definition) is 4. The van der Waals surface area contributed by atoms with Gasteiger partial charge < -0.3 is 15.0 Å². The number of amides is 1. The minimum Gasteiger partial charge on any atom is -0.383 e.